The fourth-order valence-electron chi connectivity index (χ4n) is 2.47. The summed E-state index contributed by atoms with van der Waals surface area (Å²) in [6.45, 7) is 18.1. The molecular weight excluding hydrogens is 256 g/mol. The number of nitrogens with zero attached hydrogens (tertiary/aromatic N) is 1. The molecule has 0 aromatic heterocycles. The zero-order chi connectivity index (χ0) is 15.7. The van der Waals surface area contributed by atoms with Crippen LogP contribution in [0.25, 0.3) is 0 Å². The van der Waals surface area contributed by atoms with E-state index in [1.54, 1.807) is 0 Å². The van der Waals surface area contributed by atoms with Crippen molar-refractivity contribution in [3.63, 3.8) is 0 Å². The molecular formula is C19H32N2. The Balaban J connectivity index is 2.59. The van der Waals surface area contributed by atoms with E-state index in [1.807, 2.05) is 0 Å². The molecule has 0 aliphatic carbocycles. The highest BCUT2D eigenvalue weighted by atomic mass is 15.1. The first-order valence-electron chi connectivity index (χ1n) is 8.17. The van der Waals surface area contributed by atoms with Crippen molar-refractivity contribution in [1.82, 2.24) is 10.2 Å². The van der Waals surface area contributed by atoms with Gasteiger partial charge in [0.25, 0.3) is 0 Å². The summed E-state index contributed by atoms with van der Waals surface area (Å²) in [5.41, 5.74) is 4.15. The lowest BCUT2D eigenvalue weighted by molar-refractivity contribution is 0.303. The van der Waals surface area contributed by atoms with E-state index in [1.165, 1.54) is 16.7 Å². The molecule has 0 aliphatic rings. The smallest absolute Gasteiger partial charge is 0.0239 e. The van der Waals surface area contributed by atoms with Gasteiger partial charge in [0, 0.05) is 13.1 Å². The van der Waals surface area contributed by atoms with Crippen molar-refractivity contribution < 1.29 is 0 Å². The minimum Gasteiger partial charge on any atom is -0.316 e. The number of nitrogens with one attached hydrogen (secondary N) is 1. The van der Waals surface area contributed by atoms with Crippen molar-refractivity contribution in [2.75, 3.05) is 26.2 Å². The van der Waals surface area contributed by atoms with Crippen LogP contribution in [0.2, 0.25) is 0 Å². The minimum atomic E-state index is 0.714. The van der Waals surface area contributed by atoms with Crippen LogP contribution in [0.1, 0.15) is 38.8 Å². The van der Waals surface area contributed by atoms with Crippen LogP contribution in [0.3, 0.4) is 0 Å². The van der Waals surface area contributed by atoms with Gasteiger partial charge in [-0.15, -0.1) is 0 Å². The average Bonchev–Trinajstić information content (AvgIpc) is 2.43. The van der Waals surface area contributed by atoms with Crippen LogP contribution >= 0.6 is 0 Å². The molecule has 0 bridgehead atoms. The largest absolute Gasteiger partial charge is 0.316 e. The molecule has 0 radical (unpaired) electrons. The third-order valence-electron chi connectivity index (χ3n) is 3.58. The Morgan fingerprint density at radius 3 is 2.48 bits per heavy atom. The summed E-state index contributed by atoms with van der Waals surface area (Å²) in [5, 5.41) is 3.53. The van der Waals surface area contributed by atoms with E-state index in [-0.39, 0.29) is 0 Å². The second-order valence-corrected chi connectivity index (χ2v) is 6.38. The Morgan fingerprint density at radius 1 is 1.24 bits per heavy atom. The maximum Gasteiger partial charge on any atom is 0.0239 e. The van der Waals surface area contributed by atoms with Crippen LogP contribution in [0.5, 0.6) is 0 Å². The standard InChI is InChI=1S/C19H32N2/c1-6-21(14-17(4)5)15-19-10-8-7-9-18(19)11-12-20-13-16(2)3/h7-10,16,20H,4,6,11-15H2,1-3,5H3. The fraction of sp³-hybridized carbons (Fsp3) is 0.579. The molecule has 1 rings (SSSR count). The maximum atomic E-state index is 4.03. The molecule has 0 amide bonds. The molecule has 1 aromatic carbocycles. The van der Waals surface area contributed by atoms with Gasteiger partial charge in [-0.2, -0.15) is 0 Å². The summed E-state index contributed by atoms with van der Waals surface area (Å²) in [7, 11) is 0. The highest BCUT2D eigenvalue weighted by molar-refractivity contribution is 5.27. The number of rotatable bonds is 10. The van der Waals surface area contributed by atoms with Gasteiger partial charge in [0.15, 0.2) is 0 Å². The van der Waals surface area contributed by atoms with E-state index in [2.05, 4.69) is 68.8 Å². The Labute approximate surface area is 131 Å². The average molecular weight is 288 g/mol. The summed E-state index contributed by atoms with van der Waals surface area (Å²) >= 11 is 0. The summed E-state index contributed by atoms with van der Waals surface area (Å²) in [4.78, 5) is 2.45. The summed E-state index contributed by atoms with van der Waals surface area (Å²) < 4.78 is 0. The molecule has 1 aromatic rings. The number of hydrogen-bond donors (Lipinski definition) is 1. The lowest BCUT2D eigenvalue weighted by Crippen LogP contribution is -2.26. The topological polar surface area (TPSA) is 15.3 Å². The predicted molar refractivity (Wildman–Crippen MR) is 93.6 cm³/mol. The van der Waals surface area contributed by atoms with Crippen LogP contribution in [-0.2, 0) is 13.0 Å². The molecule has 0 atom stereocenters. The van der Waals surface area contributed by atoms with Gasteiger partial charge in [-0.3, -0.25) is 4.90 Å². The number of likely N-dealkylation sites (N-methyl/N-ethyl adjacent to an activating group) is 1. The number of benzene rings is 1. The third kappa shape index (κ3) is 7.45. The molecule has 0 fully saturated rings. The molecule has 2 nitrogen and oxygen atoms in total. The van der Waals surface area contributed by atoms with Crippen LogP contribution in [0.15, 0.2) is 36.4 Å². The van der Waals surface area contributed by atoms with Gasteiger partial charge < -0.3 is 5.32 Å². The quantitative estimate of drug-likeness (QED) is 0.519. The molecule has 2 heteroatoms. The molecule has 0 spiro atoms. The Morgan fingerprint density at radius 2 is 1.90 bits per heavy atom. The van der Waals surface area contributed by atoms with Crippen LogP contribution < -0.4 is 5.32 Å². The minimum absolute atomic E-state index is 0.714. The van der Waals surface area contributed by atoms with Gasteiger partial charge in [-0.25, -0.2) is 0 Å². The lowest BCUT2D eigenvalue weighted by atomic mass is 10.0. The Hall–Kier alpha value is -1.12. The molecule has 21 heavy (non-hydrogen) atoms. The van der Waals surface area contributed by atoms with Gasteiger partial charge in [0.2, 0.25) is 0 Å². The van der Waals surface area contributed by atoms with Crippen molar-refractivity contribution in [3.05, 3.63) is 47.5 Å². The highest BCUT2D eigenvalue weighted by Crippen LogP contribution is 2.13. The van der Waals surface area contributed by atoms with Crippen molar-refractivity contribution >= 4 is 0 Å². The van der Waals surface area contributed by atoms with Crippen molar-refractivity contribution in [1.29, 1.82) is 0 Å². The van der Waals surface area contributed by atoms with Gasteiger partial charge in [-0.05, 0) is 50.0 Å². The van der Waals surface area contributed by atoms with E-state index in [0.717, 1.165) is 39.1 Å². The lowest BCUT2D eigenvalue weighted by Gasteiger charge is -2.22. The Bertz CT molecular complexity index is 423. The molecule has 0 unspecified atom stereocenters. The van der Waals surface area contributed by atoms with Crippen molar-refractivity contribution in [3.8, 4) is 0 Å². The predicted octanol–water partition coefficient (Wildman–Crippen LogP) is 3.87. The van der Waals surface area contributed by atoms with Gasteiger partial charge in [-0.1, -0.05) is 57.2 Å². The summed E-state index contributed by atoms with van der Waals surface area (Å²) in [6.07, 6.45) is 1.10. The Kier molecular flexibility index (Phi) is 8.33. The van der Waals surface area contributed by atoms with Crippen LogP contribution in [0, 0.1) is 5.92 Å². The zero-order valence-corrected chi connectivity index (χ0v) is 14.3. The SMILES string of the molecule is C=C(C)CN(CC)Cc1ccccc1CCNCC(C)C. The molecule has 0 saturated carbocycles. The highest BCUT2D eigenvalue weighted by Gasteiger charge is 2.07. The fourth-order valence-corrected chi connectivity index (χ4v) is 2.47. The van der Waals surface area contributed by atoms with E-state index in [4.69, 9.17) is 0 Å². The molecule has 0 heterocycles. The van der Waals surface area contributed by atoms with E-state index in [9.17, 15) is 0 Å². The van der Waals surface area contributed by atoms with Gasteiger partial charge in [0.05, 0.1) is 0 Å². The third-order valence-corrected chi connectivity index (χ3v) is 3.58. The monoisotopic (exact) mass is 288 g/mol. The van der Waals surface area contributed by atoms with Crippen LogP contribution in [0.4, 0.5) is 0 Å². The van der Waals surface area contributed by atoms with Crippen molar-refractivity contribution in [2.24, 2.45) is 5.92 Å². The van der Waals surface area contributed by atoms with Gasteiger partial charge >= 0.3 is 0 Å². The molecule has 1 N–H and O–H groups in total. The second-order valence-electron chi connectivity index (χ2n) is 6.38. The van der Waals surface area contributed by atoms with E-state index in [0.29, 0.717) is 5.92 Å². The van der Waals surface area contributed by atoms with Crippen molar-refractivity contribution in [2.45, 2.75) is 40.7 Å². The van der Waals surface area contributed by atoms with Gasteiger partial charge in [0.1, 0.15) is 0 Å². The zero-order valence-electron chi connectivity index (χ0n) is 14.3. The normalized spacial score (nSPS) is 11.3. The summed E-state index contributed by atoms with van der Waals surface area (Å²) in [6, 6.07) is 8.82. The first kappa shape index (κ1) is 17.9. The molecule has 0 saturated heterocycles. The first-order valence-corrected chi connectivity index (χ1v) is 8.17. The van der Waals surface area contributed by atoms with Crippen LogP contribution in [-0.4, -0.2) is 31.1 Å². The maximum absolute atomic E-state index is 4.03. The van der Waals surface area contributed by atoms with E-state index >= 15 is 0 Å². The first-order chi connectivity index (χ1) is 10.0. The van der Waals surface area contributed by atoms with E-state index < -0.39 is 0 Å². The second kappa shape index (κ2) is 9.75. The molecule has 118 valence electrons. The summed E-state index contributed by atoms with van der Waals surface area (Å²) in [5.74, 6) is 0.714. The number of hydrogen-bond acceptors (Lipinski definition) is 2. The molecule has 0 aliphatic heterocycles.